The van der Waals surface area contributed by atoms with Gasteiger partial charge in [-0.3, -0.25) is 9.59 Å². The molecule has 2 unspecified atom stereocenters. The lowest BCUT2D eigenvalue weighted by atomic mass is 10.0. The van der Waals surface area contributed by atoms with Crippen molar-refractivity contribution in [2.75, 3.05) is 47.5 Å². The van der Waals surface area contributed by atoms with E-state index in [4.69, 9.17) is 18.9 Å². The molecule has 9 nitrogen and oxygen atoms in total. The summed E-state index contributed by atoms with van der Waals surface area (Å²) in [5.41, 5.74) is 0. The van der Waals surface area contributed by atoms with Gasteiger partial charge >= 0.3 is 17.9 Å². The minimum Gasteiger partial charge on any atom is -0.477 e. The van der Waals surface area contributed by atoms with Gasteiger partial charge in [-0.05, 0) is 64.2 Å². The van der Waals surface area contributed by atoms with Crippen LogP contribution in [0.1, 0.15) is 245 Å². The molecular weight excluding hydrogens is 887 g/mol. The average molecular weight is 998 g/mol. The molecule has 0 aromatic heterocycles. The molecule has 0 saturated carbocycles. The van der Waals surface area contributed by atoms with Crippen LogP contribution in [0.4, 0.5) is 0 Å². The number of quaternary nitrogens is 1. The second-order valence-electron chi connectivity index (χ2n) is 20.6. The fraction of sp³-hybridized carbons (Fsp3) is 0.758. The molecule has 0 aromatic rings. The van der Waals surface area contributed by atoms with E-state index in [0.717, 1.165) is 77.0 Å². The van der Waals surface area contributed by atoms with E-state index in [1.54, 1.807) is 0 Å². The molecule has 0 spiro atoms. The van der Waals surface area contributed by atoms with Crippen LogP contribution in [0.5, 0.6) is 0 Å². The maximum absolute atomic E-state index is 12.8. The third kappa shape index (κ3) is 54.3. The number of nitrogens with zero attached hydrogens (tertiary/aromatic N) is 1. The van der Waals surface area contributed by atoms with Crippen molar-refractivity contribution in [1.29, 1.82) is 0 Å². The molecule has 71 heavy (non-hydrogen) atoms. The predicted molar refractivity (Wildman–Crippen MR) is 299 cm³/mol. The SMILES string of the molecule is CC/C=C\C/C=C\C/C=C\C/C=C\C/C=C\C/C=C\CCCCCCCCCCCCCCCCCCC(=O)OC(COC(=O)CCCCCCCCCCCCC)COC(OCC[N+](C)(C)C)C(=O)O. The number of hydrogen-bond acceptors (Lipinski definition) is 7. The molecule has 0 bridgehead atoms. The minimum atomic E-state index is -1.51. The zero-order valence-electron chi connectivity index (χ0n) is 46.6. The van der Waals surface area contributed by atoms with Gasteiger partial charge in [0.2, 0.25) is 0 Å². The first kappa shape index (κ1) is 67.7. The highest BCUT2D eigenvalue weighted by Gasteiger charge is 2.25. The standard InChI is InChI=1S/C62H109NO8/c1-6-8-10-12-14-16-18-19-20-21-22-23-24-25-26-27-28-29-30-31-32-33-34-35-36-37-38-39-40-41-43-45-47-49-51-53-60(65)71-58(57-70-62(61(66)67)68-55-54-63(3,4)5)56-69-59(64)52-50-48-46-44-42-17-15-13-11-9-7-2/h8,10,14,16,19-20,22-23,25-26,28-29,58,62H,6-7,9,11-13,15,17-18,21,24,27,30-57H2,1-5H3/p+1/b10-8-,16-14-,20-19-,23-22-,26-25-,29-28-. The third-order valence-corrected chi connectivity index (χ3v) is 12.5. The molecule has 0 rings (SSSR count). The number of likely N-dealkylation sites (N-methyl/N-ethyl adjacent to an activating group) is 1. The maximum atomic E-state index is 12.8. The topological polar surface area (TPSA) is 108 Å². The Morgan fingerprint density at radius 3 is 1.20 bits per heavy atom. The molecule has 0 saturated heterocycles. The fourth-order valence-corrected chi connectivity index (χ4v) is 8.02. The summed E-state index contributed by atoms with van der Waals surface area (Å²) in [5, 5.41) is 9.67. The van der Waals surface area contributed by atoms with Crippen LogP contribution in [0, 0.1) is 0 Å². The summed E-state index contributed by atoms with van der Waals surface area (Å²) in [4.78, 5) is 37.3. The van der Waals surface area contributed by atoms with E-state index in [2.05, 4.69) is 86.8 Å². The van der Waals surface area contributed by atoms with E-state index in [0.29, 0.717) is 17.4 Å². The smallest absolute Gasteiger partial charge is 0.361 e. The minimum absolute atomic E-state index is 0.180. The lowest BCUT2D eigenvalue weighted by Crippen LogP contribution is -2.40. The first-order valence-electron chi connectivity index (χ1n) is 29.1. The molecule has 2 atom stereocenters. The van der Waals surface area contributed by atoms with E-state index in [9.17, 15) is 19.5 Å². The lowest BCUT2D eigenvalue weighted by Gasteiger charge is -2.25. The monoisotopic (exact) mass is 997 g/mol. The highest BCUT2D eigenvalue weighted by atomic mass is 16.7. The largest absolute Gasteiger partial charge is 0.477 e. The molecule has 0 amide bonds. The van der Waals surface area contributed by atoms with Crippen LogP contribution in [0.25, 0.3) is 0 Å². The highest BCUT2D eigenvalue weighted by Crippen LogP contribution is 2.16. The van der Waals surface area contributed by atoms with Gasteiger partial charge in [0.25, 0.3) is 6.29 Å². The summed E-state index contributed by atoms with van der Waals surface area (Å²) in [6.07, 6.45) is 65.7. The number of hydrogen-bond donors (Lipinski definition) is 1. The number of allylic oxidation sites excluding steroid dienone is 12. The molecule has 0 aromatic carbocycles. The molecule has 1 N–H and O–H groups in total. The molecule has 0 aliphatic heterocycles. The van der Waals surface area contributed by atoms with E-state index in [-0.39, 0.29) is 32.2 Å². The maximum Gasteiger partial charge on any atom is 0.361 e. The molecule has 0 heterocycles. The number of rotatable bonds is 53. The number of esters is 2. The van der Waals surface area contributed by atoms with Crippen molar-refractivity contribution in [3.05, 3.63) is 72.9 Å². The second-order valence-corrected chi connectivity index (χ2v) is 20.6. The van der Waals surface area contributed by atoms with Crippen LogP contribution in [0.2, 0.25) is 0 Å². The molecule has 0 aliphatic carbocycles. The Kier molecular flexibility index (Phi) is 50.6. The number of aliphatic carboxylic acids is 1. The number of carbonyl (C=O) groups is 3. The van der Waals surface area contributed by atoms with Gasteiger partial charge < -0.3 is 28.5 Å². The first-order chi connectivity index (χ1) is 34.6. The van der Waals surface area contributed by atoms with Crippen molar-refractivity contribution in [3.8, 4) is 0 Å². The van der Waals surface area contributed by atoms with Gasteiger partial charge in [-0.15, -0.1) is 0 Å². The Balaban J connectivity index is 4.05. The predicted octanol–water partition coefficient (Wildman–Crippen LogP) is 17.0. The molecule has 0 radical (unpaired) electrons. The summed E-state index contributed by atoms with van der Waals surface area (Å²) >= 11 is 0. The molecule has 410 valence electrons. The van der Waals surface area contributed by atoms with Crippen LogP contribution in [0.3, 0.4) is 0 Å². The number of carboxylic acid groups (broad SMARTS) is 1. The van der Waals surface area contributed by atoms with Crippen LogP contribution >= 0.6 is 0 Å². The Bertz CT molecular complexity index is 1390. The zero-order chi connectivity index (χ0) is 52.0. The van der Waals surface area contributed by atoms with Crippen molar-refractivity contribution in [2.24, 2.45) is 0 Å². The van der Waals surface area contributed by atoms with Gasteiger partial charge in [0.15, 0.2) is 6.10 Å². The van der Waals surface area contributed by atoms with E-state index >= 15 is 0 Å². The zero-order valence-corrected chi connectivity index (χ0v) is 46.6. The van der Waals surface area contributed by atoms with Crippen molar-refractivity contribution in [1.82, 2.24) is 0 Å². The lowest BCUT2D eigenvalue weighted by molar-refractivity contribution is -0.870. The van der Waals surface area contributed by atoms with Gasteiger partial charge in [-0.1, -0.05) is 241 Å². The summed E-state index contributed by atoms with van der Waals surface area (Å²) in [5.74, 6) is -2.00. The van der Waals surface area contributed by atoms with Crippen LogP contribution in [0.15, 0.2) is 72.9 Å². The van der Waals surface area contributed by atoms with Crippen LogP contribution in [-0.4, -0.2) is 87.4 Å². The highest BCUT2D eigenvalue weighted by molar-refractivity contribution is 5.71. The van der Waals surface area contributed by atoms with Crippen LogP contribution in [-0.2, 0) is 33.3 Å². The fourth-order valence-electron chi connectivity index (χ4n) is 8.02. The summed E-state index contributed by atoms with van der Waals surface area (Å²) in [6.45, 7) is 4.76. The molecule has 0 fully saturated rings. The molecule has 0 aliphatic rings. The average Bonchev–Trinajstić information content (AvgIpc) is 3.34. The Labute approximate surface area is 437 Å². The van der Waals surface area contributed by atoms with Gasteiger partial charge in [-0.2, -0.15) is 0 Å². The van der Waals surface area contributed by atoms with Crippen molar-refractivity contribution in [2.45, 2.75) is 257 Å². The Morgan fingerprint density at radius 2 is 0.803 bits per heavy atom. The summed E-state index contributed by atoms with van der Waals surface area (Å²) in [6, 6.07) is 0. The van der Waals surface area contributed by atoms with E-state index < -0.39 is 24.3 Å². The van der Waals surface area contributed by atoms with Crippen LogP contribution < -0.4 is 0 Å². The van der Waals surface area contributed by atoms with Gasteiger partial charge in [0.05, 0.1) is 34.4 Å². The Hall–Kier alpha value is -3.27. The van der Waals surface area contributed by atoms with Gasteiger partial charge in [0.1, 0.15) is 13.2 Å². The number of carboxylic acids is 1. The number of carbonyl (C=O) groups excluding carboxylic acids is 2. The second kappa shape index (κ2) is 53.0. The number of unbranched alkanes of at least 4 members (excludes halogenated alkanes) is 26. The molecule has 9 heteroatoms. The third-order valence-electron chi connectivity index (χ3n) is 12.5. The van der Waals surface area contributed by atoms with Gasteiger partial charge in [0, 0.05) is 12.8 Å². The normalized spacial score (nSPS) is 13.3. The molecular formula is C62H110NO8+. The first-order valence-corrected chi connectivity index (χ1v) is 29.1. The van der Waals surface area contributed by atoms with Gasteiger partial charge in [-0.25, -0.2) is 4.79 Å². The summed E-state index contributed by atoms with van der Waals surface area (Å²) < 4.78 is 22.8. The van der Waals surface area contributed by atoms with Crippen molar-refractivity contribution in [3.63, 3.8) is 0 Å². The quantitative estimate of drug-likeness (QED) is 0.0211. The van der Waals surface area contributed by atoms with Crippen molar-refractivity contribution >= 4 is 17.9 Å². The Morgan fingerprint density at radius 1 is 0.437 bits per heavy atom. The number of ether oxygens (including phenoxy) is 4. The van der Waals surface area contributed by atoms with E-state index in [1.165, 1.54) is 141 Å². The van der Waals surface area contributed by atoms with Crippen molar-refractivity contribution < 1.29 is 42.9 Å². The van der Waals surface area contributed by atoms with E-state index in [1.807, 2.05) is 21.1 Å². The summed E-state index contributed by atoms with van der Waals surface area (Å²) in [7, 11) is 5.97.